The van der Waals surface area contributed by atoms with Crippen molar-refractivity contribution in [1.82, 2.24) is 9.97 Å². The van der Waals surface area contributed by atoms with Crippen molar-refractivity contribution in [1.29, 1.82) is 0 Å². The van der Waals surface area contributed by atoms with E-state index >= 15 is 0 Å². The first-order valence-corrected chi connectivity index (χ1v) is 7.05. The Kier molecular flexibility index (Phi) is 4.01. The molecule has 3 rings (SSSR count). The fraction of sp³-hybridized carbons (Fsp3) is 0.111. The summed E-state index contributed by atoms with van der Waals surface area (Å²) in [6.07, 6.45) is 3.67. The van der Waals surface area contributed by atoms with Crippen LogP contribution < -0.4 is 10.1 Å². The maximum Gasteiger partial charge on any atom is 0.212 e. The summed E-state index contributed by atoms with van der Waals surface area (Å²) in [7, 11) is 3.48. The lowest BCUT2D eigenvalue weighted by Gasteiger charge is -2.11. The minimum absolute atomic E-state index is 0.599. The predicted octanol–water partition coefficient (Wildman–Crippen LogP) is 3.86. The van der Waals surface area contributed by atoms with E-state index in [1.54, 1.807) is 13.3 Å². The summed E-state index contributed by atoms with van der Waals surface area (Å²) in [4.78, 5) is 8.80. The molecule has 3 aromatic rings. The summed E-state index contributed by atoms with van der Waals surface area (Å²) in [6.45, 7) is 0. The Hall–Kier alpha value is -2.88. The number of aromatic nitrogens is 2. The summed E-state index contributed by atoms with van der Waals surface area (Å²) < 4.78 is 5.11. The molecule has 110 valence electrons. The van der Waals surface area contributed by atoms with Crippen LogP contribution in [-0.2, 0) is 0 Å². The molecule has 0 aliphatic carbocycles. The highest BCUT2D eigenvalue weighted by atomic mass is 16.5. The number of nitrogens with zero attached hydrogens (tertiary/aromatic N) is 2. The molecule has 0 saturated carbocycles. The fourth-order valence-electron chi connectivity index (χ4n) is 2.33. The zero-order valence-corrected chi connectivity index (χ0v) is 12.6. The molecule has 0 amide bonds. The number of nitrogens with one attached hydrogen (secondary N) is 1. The molecule has 0 bridgehead atoms. The molecule has 1 aromatic carbocycles. The number of methoxy groups -OCH3 is 1. The van der Waals surface area contributed by atoms with E-state index in [-0.39, 0.29) is 0 Å². The monoisotopic (exact) mass is 291 g/mol. The molecule has 22 heavy (non-hydrogen) atoms. The van der Waals surface area contributed by atoms with Gasteiger partial charge in [-0.1, -0.05) is 30.3 Å². The number of benzene rings is 1. The van der Waals surface area contributed by atoms with Gasteiger partial charge >= 0.3 is 0 Å². The fourth-order valence-corrected chi connectivity index (χ4v) is 2.33. The first-order valence-electron chi connectivity index (χ1n) is 7.05. The van der Waals surface area contributed by atoms with Gasteiger partial charge in [0.25, 0.3) is 0 Å². The van der Waals surface area contributed by atoms with Crippen molar-refractivity contribution in [3.05, 3.63) is 60.9 Å². The maximum absolute atomic E-state index is 5.11. The van der Waals surface area contributed by atoms with Crippen LogP contribution in [0.25, 0.3) is 22.3 Å². The predicted molar refractivity (Wildman–Crippen MR) is 89.0 cm³/mol. The van der Waals surface area contributed by atoms with Gasteiger partial charge in [0.2, 0.25) is 5.88 Å². The highest BCUT2D eigenvalue weighted by Crippen LogP contribution is 2.31. The van der Waals surface area contributed by atoms with Crippen molar-refractivity contribution >= 4 is 5.82 Å². The first-order chi connectivity index (χ1) is 10.8. The highest BCUT2D eigenvalue weighted by Gasteiger charge is 2.09. The average Bonchev–Trinajstić information content (AvgIpc) is 2.62. The summed E-state index contributed by atoms with van der Waals surface area (Å²) in [5.74, 6) is 1.42. The number of pyridine rings is 2. The third-order valence-electron chi connectivity index (χ3n) is 3.49. The Morgan fingerprint density at radius 1 is 0.864 bits per heavy atom. The van der Waals surface area contributed by atoms with Crippen molar-refractivity contribution < 1.29 is 4.74 Å². The second-order valence-electron chi connectivity index (χ2n) is 4.83. The summed E-state index contributed by atoms with van der Waals surface area (Å²) in [5.41, 5.74) is 4.22. The normalized spacial score (nSPS) is 10.3. The van der Waals surface area contributed by atoms with Crippen LogP contribution in [0.15, 0.2) is 60.9 Å². The van der Waals surface area contributed by atoms with E-state index in [0.717, 1.165) is 28.1 Å². The molecular weight excluding hydrogens is 274 g/mol. The van der Waals surface area contributed by atoms with Crippen molar-refractivity contribution in [2.24, 2.45) is 0 Å². The van der Waals surface area contributed by atoms with Crippen LogP contribution in [0, 0.1) is 0 Å². The second kappa shape index (κ2) is 6.26. The lowest BCUT2D eigenvalue weighted by molar-refractivity contribution is 0.398. The molecular formula is C18H17N3O. The molecule has 2 heterocycles. The molecule has 0 unspecified atom stereocenters. The van der Waals surface area contributed by atoms with Crippen molar-refractivity contribution in [3.8, 4) is 28.1 Å². The number of hydrogen-bond acceptors (Lipinski definition) is 4. The summed E-state index contributed by atoms with van der Waals surface area (Å²) in [6, 6.07) is 16.2. The van der Waals surface area contributed by atoms with Gasteiger partial charge in [0.15, 0.2) is 0 Å². The van der Waals surface area contributed by atoms with Crippen molar-refractivity contribution in [3.63, 3.8) is 0 Å². The first kappa shape index (κ1) is 14.1. The smallest absolute Gasteiger partial charge is 0.212 e. The van der Waals surface area contributed by atoms with E-state index in [4.69, 9.17) is 4.74 Å². The number of hydrogen-bond donors (Lipinski definition) is 1. The van der Waals surface area contributed by atoms with Gasteiger partial charge in [-0.2, -0.15) is 0 Å². The van der Waals surface area contributed by atoms with Crippen LogP contribution >= 0.6 is 0 Å². The van der Waals surface area contributed by atoms with Gasteiger partial charge in [0.1, 0.15) is 5.82 Å². The van der Waals surface area contributed by atoms with Crippen LogP contribution in [-0.4, -0.2) is 24.1 Å². The minimum atomic E-state index is 0.599. The zero-order valence-electron chi connectivity index (χ0n) is 12.6. The second-order valence-corrected chi connectivity index (χ2v) is 4.83. The van der Waals surface area contributed by atoms with E-state index in [1.807, 2.05) is 43.6 Å². The Morgan fingerprint density at radius 3 is 2.27 bits per heavy atom. The van der Waals surface area contributed by atoms with Gasteiger partial charge in [0, 0.05) is 42.2 Å². The van der Waals surface area contributed by atoms with Gasteiger partial charge in [-0.15, -0.1) is 0 Å². The van der Waals surface area contributed by atoms with Gasteiger partial charge < -0.3 is 10.1 Å². The van der Waals surface area contributed by atoms with Gasteiger partial charge in [0.05, 0.1) is 7.11 Å². The van der Waals surface area contributed by atoms with Gasteiger partial charge in [-0.05, 0) is 17.7 Å². The molecule has 2 aromatic heterocycles. The van der Waals surface area contributed by atoms with Crippen molar-refractivity contribution in [2.75, 3.05) is 19.5 Å². The highest BCUT2D eigenvalue weighted by molar-refractivity contribution is 5.79. The number of rotatable bonds is 4. The van der Waals surface area contributed by atoms with Crippen molar-refractivity contribution in [2.45, 2.75) is 0 Å². The van der Waals surface area contributed by atoms with E-state index in [1.165, 1.54) is 0 Å². The Labute approximate surface area is 129 Å². The molecule has 0 spiro atoms. The molecule has 4 heteroatoms. The van der Waals surface area contributed by atoms with E-state index < -0.39 is 0 Å². The summed E-state index contributed by atoms with van der Waals surface area (Å²) >= 11 is 0. The molecule has 0 radical (unpaired) electrons. The number of ether oxygens (including phenoxy) is 1. The molecule has 0 fully saturated rings. The van der Waals surface area contributed by atoms with E-state index in [2.05, 4.69) is 33.5 Å². The Bertz CT molecular complexity index is 755. The van der Waals surface area contributed by atoms with Crippen LogP contribution in [0.2, 0.25) is 0 Å². The molecule has 4 nitrogen and oxygen atoms in total. The molecule has 0 aliphatic rings. The SMILES string of the molecule is CNc1ncc(-c2ccccc2)cc1-c1ccc(OC)nc1. The van der Waals surface area contributed by atoms with E-state index in [9.17, 15) is 0 Å². The molecule has 0 saturated heterocycles. The molecule has 0 aliphatic heterocycles. The van der Waals surface area contributed by atoms with Crippen LogP contribution in [0.3, 0.4) is 0 Å². The largest absolute Gasteiger partial charge is 0.481 e. The average molecular weight is 291 g/mol. The standard InChI is InChI=1S/C18H17N3O/c1-19-18-16(14-8-9-17(22-2)20-11-14)10-15(12-21-18)13-6-4-3-5-7-13/h3-12H,1-2H3,(H,19,21). The third kappa shape index (κ3) is 2.76. The van der Waals surface area contributed by atoms with Gasteiger partial charge in [-0.3, -0.25) is 0 Å². The Balaban J connectivity index is 2.08. The van der Waals surface area contributed by atoms with E-state index in [0.29, 0.717) is 5.88 Å². The van der Waals surface area contributed by atoms with Crippen LogP contribution in [0.4, 0.5) is 5.82 Å². The lowest BCUT2D eigenvalue weighted by Crippen LogP contribution is -1.97. The molecule has 1 N–H and O–H groups in total. The van der Waals surface area contributed by atoms with Crippen LogP contribution in [0.1, 0.15) is 0 Å². The molecule has 0 atom stereocenters. The Morgan fingerprint density at radius 2 is 1.64 bits per heavy atom. The summed E-state index contributed by atoms with van der Waals surface area (Å²) in [5, 5.41) is 3.13. The maximum atomic E-state index is 5.11. The lowest BCUT2D eigenvalue weighted by atomic mass is 10.0. The topological polar surface area (TPSA) is 47.0 Å². The quantitative estimate of drug-likeness (QED) is 0.793. The van der Waals surface area contributed by atoms with Crippen LogP contribution in [0.5, 0.6) is 5.88 Å². The number of anilines is 1. The zero-order chi connectivity index (χ0) is 15.4. The minimum Gasteiger partial charge on any atom is -0.481 e. The third-order valence-corrected chi connectivity index (χ3v) is 3.49. The van der Waals surface area contributed by atoms with Gasteiger partial charge in [-0.25, -0.2) is 9.97 Å².